The maximum Gasteiger partial charge on any atom is 0.223 e. The normalized spacial score (nSPS) is 68.5. The number of epoxide rings is 2. The Balaban J connectivity index is 1.22. The third-order valence-electron chi connectivity index (χ3n) is 13.6. The molecule has 5 saturated carbocycles. The summed E-state index contributed by atoms with van der Waals surface area (Å²) in [7, 11) is 0. The second kappa shape index (κ2) is 4.96. The summed E-state index contributed by atoms with van der Waals surface area (Å²) >= 11 is 0. The Bertz CT molecular complexity index is 1480. The lowest BCUT2D eigenvalue weighted by Gasteiger charge is -2.46. The molecule has 4 heterocycles. The molecule has 0 aromatic rings. The van der Waals surface area contributed by atoms with Crippen LogP contribution in [0.4, 0.5) is 0 Å². The first-order valence-corrected chi connectivity index (χ1v) is 13.5. The van der Waals surface area contributed by atoms with Crippen molar-refractivity contribution in [3.05, 3.63) is 23.7 Å². The minimum atomic E-state index is -1.73. The summed E-state index contributed by atoms with van der Waals surface area (Å²) in [6.07, 6.45) is -1.95. The fraction of sp³-hybridized carbons (Fsp3) is 0.750. The minimum absolute atomic E-state index is 0.0976. The fourth-order valence-corrected chi connectivity index (χ4v) is 11.4. The lowest BCUT2D eigenvalue weighted by molar-refractivity contribution is -0.177. The number of Topliss-reactive ketones (excluding diaryl/α,β-unsaturated/α-hetero) is 3. The molecule has 38 heavy (non-hydrogen) atoms. The van der Waals surface area contributed by atoms with Gasteiger partial charge in [0.15, 0.2) is 40.2 Å². The summed E-state index contributed by atoms with van der Waals surface area (Å²) in [5.41, 5.74) is -10.5. The number of ketones is 3. The van der Waals surface area contributed by atoms with Crippen molar-refractivity contribution >= 4 is 17.3 Å². The standard InChI is InChI=1S/C28H28O10/c1-9-13(29)17-26(37-17)7-10-15(30)21(2)19(31)28(10,23(9,26)4)38-18-14(35-21)12-8-34-27-11(6-25(18,33)24(12,27)5)16-22(3,36-16)20(27)32/h10-12,15-17,30,33H,1,6-8H2,2-5H3/t10-,11?,12+,15+,16+,17+,21-,22+,23+,24+,25+,26+,27+,28+/m0/s1. The Labute approximate surface area is 217 Å². The van der Waals surface area contributed by atoms with Gasteiger partial charge in [0.25, 0.3) is 0 Å². The number of rotatable bonds is 0. The molecule has 10 rings (SSSR count). The van der Waals surface area contributed by atoms with Gasteiger partial charge in [0, 0.05) is 17.4 Å². The molecule has 2 N–H and O–H groups in total. The minimum Gasteiger partial charge on any atom is -0.477 e. The Morgan fingerprint density at radius 1 is 0.921 bits per heavy atom. The van der Waals surface area contributed by atoms with Crippen LogP contribution in [0.3, 0.4) is 0 Å². The van der Waals surface area contributed by atoms with Crippen LogP contribution in [0.15, 0.2) is 23.7 Å². The monoisotopic (exact) mass is 524 g/mol. The molecule has 14 atom stereocenters. The highest BCUT2D eigenvalue weighted by Crippen LogP contribution is 2.83. The van der Waals surface area contributed by atoms with Crippen LogP contribution in [0, 0.1) is 28.6 Å². The molecule has 0 aromatic heterocycles. The van der Waals surface area contributed by atoms with E-state index in [2.05, 4.69) is 6.58 Å². The zero-order chi connectivity index (χ0) is 26.6. The lowest BCUT2D eigenvalue weighted by Crippen LogP contribution is -2.61. The molecule has 6 aliphatic carbocycles. The number of ether oxygens (including phenoxy) is 5. The lowest BCUT2D eigenvalue weighted by atomic mass is 9.63. The van der Waals surface area contributed by atoms with Gasteiger partial charge in [-0.2, -0.15) is 0 Å². The average molecular weight is 525 g/mol. The zero-order valence-electron chi connectivity index (χ0n) is 21.5. The van der Waals surface area contributed by atoms with Crippen molar-refractivity contribution in [2.45, 2.75) is 92.5 Å². The average Bonchev–Trinajstić information content (AvgIpc) is 3.62. The van der Waals surface area contributed by atoms with E-state index in [0.717, 1.165) is 0 Å². The van der Waals surface area contributed by atoms with Gasteiger partial charge in [-0.3, -0.25) is 14.4 Å². The Morgan fingerprint density at radius 3 is 2.37 bits per heavy atom. The van der Waals surface area contributed by atoms with Crippen molar-refractivity contribution < 1.29 is 48.3 Å². The van der Waals surface area contributed by atoms with E-state index < -0.39 is 74.3 Å². The van der Waals surface area contributed by atoms with Crippen LogP contribution < -0.4 is 0 Å². The van der Waals surface area contributed by atoms with Crippen LogP contribution >= 0.6 is 0 Å². The van der Waals surface area contributed by atoms with E-state index in [-0.39, 0.29) is 60.1 Å². The summed E-state index contributed by atoms with van der Waals surface area (Å²) in [5.74, 6) is -2.24. The van der Waals surface area contributed by atoms with Gasteiger partial charge in [-0.1, -0.05) is 13.5 Å². The van der Waals surface area contributed by atoms with Crippen LogP contribution in [0.25, 0.3) is 0 Å². The smallest absolute Gasteiger partial charge is 0.223 e. The highest BCUT2D eigenvalue weighted by molar-refractivity contribution is 6.12. The van der Waals surface area contributed by atoms with Gasteiger partial charge in [0.1, 0.15) is 34.8 Å². The maximum absolute atomic E-state index is 14.5. The predicted molar refractivity (Wildman–Crippen MR) is 121 cm³/mol. The van der Waals surface area contributed by atoms with E-state index in [4.69, 9.17) is 23.7 Å². The highest BCUT2D eigenvalue weighted by atomic mass is 16.6. The first-order chi connectivity index (χ1) is 17.7. The molecule has 10 nitrogen and oxygen atoms in total. The molecule has 0 radical (unpaired) electrons. The van der Waals surface area contributed by atoms with Crippen molar-refractivity contribution in [2.24, 2.45) is 28.6 Å². The molecule has 0 aromatic carbocycles. The third-order valence-corrected chi connectivity index (χ3v) is 13.6. The summed E-state index contributed by atoms with van der Waals surface area (Å²) in [6, 6.07) is 0. The van der Waals surface area contributed by atoms with Crippen LogP contribution in [-0.4, -0.2) is 86.1 Å². The number of hydrogen-bond acceptors (Lipinski definition) is 10. The van der Waals surface area contributed by atoms with Crippen molar-refractivity contribution in [3.63, 3.8) is 0 Å². The molecule has 8 fully saturated rings. The summed E-state index contributed by atoms with van der Waals surface area (Å²) in [6.45, 7) is 11.1. The number of aliphatic hydroxyl groups is 2. The Morgan fingerprint density at radius 2 is 1.63 bits per heavy atom. The van der Waals surface area contributed by atoms with Gasteiger partial charge in [-0.15, -0.1) is 0 Å². The molecular weight excluding hydrogens is 496 g/mol. The molecule has 4 aliphatic heterocycles. The third kappa shape index (κ3) is 1.40. The van der Waals surface area contributed by atoms with Gasteiger partial charge >= 0.3 is 0 Å². The number of carbonyl (C=O) groups excluding carboxylic acids is 3. The van der Waals surface area contributed by atoms with Gasteiger partial charge in [0.2, 0.25) is 5.78 Å². The van der Waals surface area contributed by atoms with E-state index >= 15 is 0 Å². The molecule has 2 bridgehead atoms. The number of carbonyl (C=O) groups is 3. The largest absolute Gasteiger partial charge is 0.477 e. The Kier molecular flexibility index (Phi) is 2.83. The summed E-state index contributed by atoms with van der Waals surface area (Å²) < 4.78 is 31.6. The first-order valence-electron chi connectivity index (χ1n) is 13.5. The van der Waals surface area contributed by atoms with Crippen molar-refractivity contribution in [1.29, 1.82) is 0 Å². The fourth-order valence-electron chi connectivity index (χ4n) is 11.4. The van der Waals surface area contributed by atoms with Crippen LogP contribution in [-0.2, 0) is 38.1 Å². The van der Waals surface area contributed by atoms with Crippen molar-refractivity contribution in [3.8, 4) is 0 Å². The summed E-state index contributed by atoms with van der Waals surface area (Å²) in [5, 5.41) is 24.4. The molecule has 200 valence electrons. The van der Waals surface area contributed by atoms with Crippen LogP contribution in [0.1, 0.15) is 40.5 Å². The van der Waals surface area contributed by atoms with E-state index in [0.29, 0.717) is 0 Å². The molecule has 10 aliphatic rings. The van der Waals surface area contributed by atoms with Gasteiger partial charge < -0.3 is 33.9 Å². The Hall–Kier alpha value is -2.11. The molecule has 3 spiro atoms. The topological polar surface area (TPSA) is 144 Å². The maximum atomic E-state index is 14.5. The second-order valence-corrected chi connectivity index (χ2v) is 14.1. The van der Waals surface area contributed by atoms with E-state index in [1.165, 1.54) is 0 Å². The molecule has 3 saturated heterocycles. The molecular formula is C28H28O10. The number of hydrogen-bond donors (Lipinski definition) is 2. The molecule has 1 unspecified atom stereocenters. The van der Waals surface area contributed by atoms with Gasteiger partial charge in [-0.25, -0.2) is 0 Å². The highest BCUT2D eigenvalue weighted by Gasteiger charge is 2.97. The number of aliphatic hydroxyl groups excluding tert-OH is 1. The first kappa shape index (κ1) is 21.7. The van der Waals surface area contributed by atoms with Gasteiger partial charge in [-0.05, 0) is 33.6 Å². The van der Waals surface area contributed by atoms with E-state index in [1.54, 1.807) is 20.8 Å². The molecule has 10 heteroatoms. The van der Waals surface area contributed by atoms with E-state index in [1.807, 2.05) is 6.92 Å². The molecule has 0 amide bonds. The zero-order valence-corrected chi connectivity index (χ0v) is 21.5. The quantitative estimate of drug-likeness (QED) is 0.325. The second-order valence-electron chi connectivity index (χ2n) is 14.1. The van der Waals surface area contributed by atoms with E-state index in [9.17, 15) is 24.6 Å². The van der Waals surface area contributed by atoms with Crippen molar-refractivity contribution in [1.82, 2.24) is 0 Å². The SMILES string of the molecule is C=C1C(=O)[C@H]2O[C@]23C[C@H]2[C@@H](O)[C@]4(C)OC5=C(O[C@]2(C4=O)[C@]13C)[C@]1(O)CC2[C@H]3O[C@@]3(C)C(=O)[C@]23OC[C@H]5[C@]13C. The van der Waals surface area contributed by atoms with Crippen LogP contribution in [0.5, 0.6) is 0 Å². The number of fused-ring (bicyclic) bond motifs is 5. The predicted octanol–water partition coefficient (Wildman–Crippen LogP) is -0.115. The van der Waals surface area contributed by atoms with Crippen LogP contribution in [0.2, 0.25) is 0 Å². The van der Waals surface area contributed by atoms with Crippen molar-refractivity contribution in [2.75, 3.05) is 6.61 Å². The summed E-state index contributed by atoms with van der Waals surface area (Å²) in [4.78, 5) is 41.5. The van der Waals surface area contributed by atoms with Gasteiger partial charge in [0.05, 0.1) is 23.4 Å².